The lowest BCUT2D eigenvalue weighted by Gasteiger charge is -2.04. The molecule has 0 saturated heterocycles. The SMILES string of the molecule is O=C(Cl)CC(Br)CCCCBr. The topological polar surface area (TPSA) is 17.1 Å². The summed E-state index contributed by atoms with van der Waals surface area (Å²) in [6.07, 6.45) is 3.73. The monoisotopic (exact) mass is 304 g/mol. The van der Waals surface area contributed by atoms with Gasteiger partial charge in [-0.3, -0.25) is 4.79 Å². The first-order chi connectivity index (χ1) is 5.16. The van der Waals surface area contributed by atoms with E-state index in [1.807, 2.05) is 0 Å². The zero-order valence-corrected chi connectivity index (χ0v) is 10.1. The van der Waals surface area contributed by atoms with Gasteiger partial charge >= 0.3 is 0 Å². The predicted octanol–water partition coefficient (Wildman–Crippen LogP) is 3.47. The summed E-state index contributed by atoms with van der Waals surface area (Å²) in [5, 5.41) is 0.771. The van der Waals surface area contributed by atoms with E-state index in [0.717, 1.165) is 24.6 Å². The molecule has 0 fully saturated rings. The largest absolute Gasteiger partial charge is 0.281 e. The highest BCUT2D eigenvalue weighted by Gasteiger charge is 2.07. The van der Waals surface area contributed by atoms with Crippen LogP contribution in [-0.4, -0.2) is 15.4 Å². The van der Waals surface area contributed by atoms with Gasteiger partial charge in [-0.05, 0) is 24.4 Å². The normalized spacial score (nSPS) is 13.0. The molecule has 0 saturated carbocycles. The zero-order chi connectivity index (χ0) is 8.69. The van der Waals surface area contributed by atoms with Gasteiger partial charge < -0.3 is 0 Å². The average molecular weight is 306 g/mol. The fourth-order valence-electron chi connectivity index (χ4n) is 0.737. The predicted molar refractivity (Wildman–Crippen MR) is 55.8 cm³/mol. The van der Waals surface area contributed by atoms with Crippen molar-refractivity contribution in [3.05, 3.63) is 0 Å². The summed E-state index contributed by atoms with van der Waals surface area (Å²) in [6, 6.07) is 0. The highest BCUT2D eigenvalue weighted by molar-refractivity contribution is 9.09. The molecule has 0 radical (unpaired) electrons. The molecule has 0 bridgehead atoms. The number of unbranched alkanes of at least 4 members (excludes halogenated alkanes) is 1. The fraction of sp³-hybridized carbons (Fsp3) is 0.857. The maximum Gasteiger partial charge on any atom is 0.222 e. The van der Waals surface area contributed by atoms with Gasteiger partial charge in [-0.25, -0.2) is 0 Å². The molecule has 0 aromatic rings. The molecule has 0 aromatic heterocycles. The first-order valence-electron chi connectivity index (χ1n) is 3.55. The van der Waals surface area contributed by atoms with E-state index in [1.165, 1.54) is 0 Å². The van der Waals surface area contributed by atoms with E-state index >= 15 is 0 Å². The third kappa shape index (κ3) is 8.83. The van der Waals surface area contributed by atoms with Crippen LogP contribution in [0.3, 0.4) is 0 Å². The summed E-state index contributed by atoms with van der Waals surface area (Å²) in [5.74, 6) is 0. The average Bonchev–Trinajstić information content (AvgIpc) is 1.86. The lowest BCUT2D eigenvalue weighted by molar-refractivity contribution is -0.111. The van der Waals surface area contributed by atoms with Crippen molar-refractivity contribution in [3.8, 4) is 0 Å². The van der Waals surface area contributed by atoms with Crippen molar-refractivity contribution in [1.82, 2.24) is 0 Å². The summed E-state index contributed by atoms with van der Waals surface area (Å²) >= 11 is 11.9. The summed E-state index contributed by atoms with van der Waals surface area (Å²) in [5.41, 5.74) is 0. The Bertz CT molecular complexity index is 119. The second-order valence-electron chi connectivity index (χ2n) is 2.34. The van der Waals surface area contributed by atoms with Crippen LogP contribution in [0.25, 0.3) is 0 Å². The van der Waals surface area contributed by atoms with Gasteiger partial charge in [0.05, 0.1) is 0 Å². The molecule has 66 valence electrons. The van der Waals surface area contributed by atoms with E-state index < -0.39 is 0 Å². The Balaban J connectivity index is 3.22. The maximum atomic E-state index is 10.4. The van der Waals surface area contributed by atoms with Gasteiger partial charge in [0, 0.05) is 16.6 Å². The van der Waals surface area contributed by atoms with Crippen molar-refractivity contribution in [2.75, 3.05) is 5.33 Å². The molecular weight excluding hydrogens is 295 g/mol. The summed E-state index contributed by atoms with van der Waals surface area (Å²) in [4.78, 5) is 10.7. The van der Waals surface area contributed by atoms with Crippen LogP contribution in [0.1, 0.15) is 25.7 Å². The van der Waals surface area contributed by atoms with Crippen LogP contribution in [0, 0.1) is 0 Å². The van der Waals surface area contributed by atoms with Crippen molar-refractivity contribution in [2.45, 2.75) is 30.5 Å². The van der Waals surface area contributed by atoms with E-state index in [-0.39, 0.29) is 10.1 Å². The zero-order valence-electron chi connectivity index (χ0n) is 6.16. The number of rotatable bonds is 6. The van der Waals surface area contributed by atoms with Crippen molar-refractivity contribution in [2.24, 2.45) is 0 Å². The van der Waals surface area contributed by atoms with Crippen LogP contribution in [0.4, 0.5) is 0 Å². The second-order valence-corrected chi connectivity index (χ2v) is 4.85. The number of halogens is 3. The highest BCUT2D eigenvalue weighted by atomic mass is 79.9. The Morgan fingerprint density at radius 3 is 2.55 bits per heavy atom. The Morgan fingerprint density at radius 1 is 1.45 bits per heavy atom. The second kappa shape index (κ2) is 7.56. The van der Waals surface area contributed by atoms with Gasteiger partial charge in [0.25, 0.3) is 0 Å². The third-order valence-corrected chi connectivity index (χ3v) is 2.78. The van der Waals surface area contributed by atoms with Gasteiger partial charge in [0.15, 0.2) is 0 Å². The maximum absolute atomic E-state index is 10.4. The van der Waals surface area contributed by atoms with Crippen LogP contribution in [0.15, 0.2) is 0 Å². The van der Waals surface area contributed by atoms with Gasteiger partial charge in [0.1, 0.15) is 0 Å². The van der Waals surface area contributed by atoms with Crippen LogP contribution in [0.5, 0.6) is 0 Å². The summed E-state index contributed by atoms with van der Waals surface area (Å²) in [6.45, 7) is 0. The molecule has 0 N–H and O–H groups in total. The van der Waals surface area contributed by atoms with Crippen molar-refractivity contribution in [3.63, 3.8) is 0 Å². The highest BCUT2D eigenvalue weighted by Crippen LogP contribution is 2.15. The van der Waals surface area contributed by atoms with E-state index in [0.29, 0.717) is 6.42 Å². The minimum absolute atomic E-state index is 0.256. The Morgan fingerprint density at radius 2 is 2.09 bits per heavy atom. The lowest BCUT2D eigenvalue weighted by Crippen LogP contribution is -2.02. The number of carbonyl (C=O) groups is 1. The molecule has 1 atom stereocenters. The quantitative estimate of drug-likeness (QED) is 0.417. The smallest absolute Gasteiger partial charge is 0.222 e. The van der Waals surface area contributed by atoms with E-state index in [1.54, 1.807) is 0 Å². The lowest BCUT2D eigenvalue weighted by atomic mass is 10.2. The molecule has 0 aromatic carbocycles. The van der Waals surface area contributed by atoms with Crippen LogP contribution >= 0.6 is 43.5 Å². The summed E-state index contributed by atoms with van der Waals surface area (Å²) < 4.78 is 0. The molecular formula is C7H11Br2ClO. The number of carbonyl (C=O) groups excluding carboxylic acids is 1. The van der Waals surface area contributed by atoms with Gasteiger partial charge in [-0.1, -0.05) is 38.3 Å². The molecule has 0 amide bonds. The summed E-state index contributed by atoms with van der Waals surface area (Å²) in [7, 11) is 0. The van der Waals surface area contributed by atoms with Crippen molar-refractivity contribution >= 4 is 48.7 Å². The molecule has 1 nitrogen and oxygen atoms in total. The van der Waals surface area contributed by atoms with Crippen molar-refractivity contribution < 1.29 is 4.79 Å². The van der Waals surface area contributed by atoms with Gasteiger partial charge in [-0.2, -0.15) is 0 Å². The van der Waals surface area contributed by atoms with E-state index in [9.17, 15) is 4.79 Å². The molecule has 0 aliphatic carbocycles. The number of alkyl halides is 2. The Hall–Kier alpha value is 0.920. The molecule has 0 heterocycles. The first-order valence-corrected chi connectivity index (χ1v) is 5.96. The minimum Gasteiger partial charge on any atom is -0.281 e. The van der Waals surface area contributed by atoms with Crippen molar-refractivity contribution in [1.29, 1.82) is 0 Å². The third-order valence-electron chi connectivity index (χ3n) is 1.28. The molecule has 4 heteroatoms. The fourth-order valence-corrected chi connectivity index (χ4v) is 2.12. The molecule has 0 rings (SSSR count). The van der Waals surface area contributed by atoms with Gasteiger partial charge in [-0.15, -0.1) is 0 Å². The van der Waals surface area contributed by atoms with Crippen LogP contribution in [-0.2, 0) is 4.79 Å². The molecule has 0 aliphatic heterocycles. The van der Waals surface area contributed by atoms with E-state index in [4.69, 9.17) is 11.6 Å². The number of hydrogen-bond donors (Lipinski definition) is 0. The Kier molecular flexibility index (Phi) is 8.20. The molecule has 1 unspecified atom stereocenters. The number of hydrogen-bond acceptors (Lipinski definition) is 1. The van der Waals surface area contributed by atoms with Crippen LogP contribution in [0.2, 0.25) is 0 Å². The standard InChI is InChI=1S/C7H11Br2ClO/c8-4-2-1-3-6(9)5-7(10)11/h6H,1-5H2. The molecule has 0 spiro atoms. The molecule has 11 heavy (non-hydrogen) atoms. The van der Waals surface area contributed by atoms with Gasteiger partial charge in [0.2, 0.25) is 5.24 Å². The first kappa shape index (κ1) is 11.9. The minimum atomic E-state index is -0.259. The van der Waals surface area contributed by atoms with E-state index in [2.05, 4.69) is 31.9 Å². The Labute approximate surface area is 89.1 Å². The van der Waals surface area contributed by atoms with Crippen LogP contribution < -0.4 is 0 Å². The molecule has 0 aliphatic rings.